The Morgan fingerprint density at radius 3 is 1.10 bits per heavy atom. The fourth-order valence-corrected chi connectivity index (χ4v) is 10.0. The molecule has 1 fully saturated rings. The van der Waals surface area contributed by atoms with E-state index in [1.54, 1.807) is 0 Å². The number of carbonyl (C=O) groups excluding carboxylic acids is 3. The summed E-state index contributed by atoms with van der Waals surface area (Å²) in [6, 6.07) is 0. The Bertz CT molecular complexity index is 1430. The number of carboxylic acids is 1. The molecule has 0 amide bonds. The predicted octanol–water partition coefficient (Wildman–Crippen LogP) is 17.0. The van der Waals surface area contributed by atoms with Crippen LogP contribution in [0.15, 0.2) is 24.3 Å². The molecule has 1 aliphatic heterocycles. The molecule has 1 rings (SSSR count). The van der Waals surface area contributed by atoms with Crippen molar-refractivity contribution in [2.45, 2.75) is 353 Å². The van der Waals surface area contributed by atoms with Gasteiger partial charge in [0.05, 0.1) is 6.61 Å². The number of hydrogen-bond acceptors (Lipinski definition) is 11. The summed E-state index contributed by atoms with van der Waals surface area (Å²) in [5, 5.41) is 31.5. The largest absolute Gasteiger partial charge is 0.479 e. The average Bonchev–Trinajstić information content (AvgIpc) is 3.42. The van der Waals surface area contributed by atoms with Gasteiger partial charge in [-0.2, -0.15) is 0 Å². The van der Waals surface area contributed by atoms with Gasteiger partial charge in [-0.05, 0) is 70.6 Å². The van der Waals surface area contributed by atoms with Gasteiger partial charge < -0.3 is 39.0 Å². The molecule has 0 saturated carbocycles. The van der Waals surface area contributed by atoms with Crippen molar-refractivity contribution in [2.24, 2.45) is 0 Å². The second kappa shape index (κ2) is 53.8. The van der Waals surface area contributed by atoms with Gasteiger partial charge in [-0.1, -0.05) is 251 Å². The molecule has 6 atom stereocenters. The van der Waals surface area contributed by atoms with E-state index in [-0.39, 0.29) is 25.9 Å². The zero-order valence-corrected chi connectivity index (χ0v) is 49.7. The van der Waals surface area contributed by atoms with Crippen molar-refractivity contribution in [3.05, 3.63) is 24.3 Å². The molecular formula is C65H118O12. The van der Waals surface area contributed by atoms with Gasteiger partial charge in [0.25, 0.3) is 0 Å². The third-order valence-electron chi connectivity index (χ3n) is 15.0. The number of unbranched alkanes of at least 4 members (excludes halogenated alkanes) is 38. The summed E-state index contributed by atoms with van der Waals surface area (Å²) in [6.07, 6.45) is 50.0. The summed E-state index contributed by atoms with van der Waals surface area (Å²) in [4.78, 5) is 51.2. The molecule has 77 heavy (non-hydrogen) atoms. The Labute approximate surface area is 470 Å². The number of aliphatic hydroxyl groups is 2. The van der Waals surface area contributed by atoms with Crippen molar-refractivity contribution in [3.63, 3.8) is 0 Å². The van der Waals surface area contributed by atoms with Gasteiger partial charge in [0.2, 0.25) is 0 Å². The smallest absolute Gasteiger partial charge is 0.335 e. The Balaban J connectivity index is 2.63. The normalized spacial score (nSPS) is 18.1. The van der Waals surface area contributed by atoms with Gasteiger partial charge in [-0.3, -0.25) is 14.4 Å². The number of carbonyl (C=O) groups is 4. The molecule has 0 spiro atoms. The maximum Gasteiger partial charge on any atom is 0.335 e. The van der Waals surface area contributed by atoms with Crippen LogP contribution < -0.4 is 0 Å². The van der Waals surface area contributed by atoms with Gasteiger partial charge in [0.15, 0.2) is 24.6 Å². The molecule has 450 valence electrons. The van der Waals surface area contributed by atoms with Crippen LogP contribution in [0.3, 0.4) is 0 Å². The highest BCUT2D eigenvalue weighted by Gasteiger charge is 2.50. The summed E-state index contributed by atoms with van der Waals surface area (Å²) in [6.45, 7) is 6.02. The Morgan fingerprint density at radius 2 is 0.740 bits per heavy atom. The van der Waals surface area contributed by atoms with Crippen molar-refractivity contribution in [2.75, 3.05) is 13.2 Å². The highest BCUT2D eigenvalue weighted by atomic mass is 16.7. The first-order valence-corrected chi connectivity index (χ1v) is 32.3. The summed E-state index contributed by atoms with van der Waals surface area (Å²) < 4.78 is 28.5. The van der Waals surface area contributed by atoms with Crippen molar-refractivity contribution in [1.29, 1.82) is 0 Å². The van der Waals surface area contributed by atoms with E-state index < -0.39 is 67.3 Å². The second-order valence-corrected chi connectivity index (χ2v) is 22.4. The third kappa shape index (κ3) is 43.7. The molecule has 12 nitrogen and oxygen atoms in total. The van der Waals surface area contributed by atoms with Gasteiger partial charge in [-0.15, -0.1) is 0 Å². The van der Waals surface area contributed by atoms with Crippen molar-refractivity contribution < 1.29 is 58.2 Å². The van der Waals surface area contributed by atoms with E-state index >= 15 is 0 Å². The van der Waals surface area contributed by atoms with Gasteiger partial charge >= 0.3 is 23.9 Å². The lowest BCUT2D eigenvalue weighted by molar-refractivity contribution is -0.301. The lowest BCUT2D eigenvalue weighted by Gasteiger charge is -2.40. The fraction of sp³-hybridized carbons (Fsp3) is 0.877. The van der Waals surface area contributed by atoms with Crippen LogP contribution in [0.5, 0.6) is 0 Å². The quantitative estimate of drug-likeness (QED) is 0.0228. The molecule has 0 radical (unpaired) electrons. The molecule has 0 aliphatic carbocycles. The molecule has 0 aromatic rings. The minimum atomic E-state index is -1.90. The monoisotopic (exact) mass is 1090 g/mol. The molecule has 12 heteroatoms. The molecule has 1 aliphatic rings. The third-order valence-corrected chi connectivity index (χ3v) is 15.0. The van der Waals surface area contributed by atoms with Crippen LogP contribution in [-0.4, -0.2) is 89.2 Å². The van der Waals surface area contributed by atoms with Gasteiger partial charge in [0, 0.05) is 19.3 Å². The van der Waals surface area contributed by atoms with Gasteiger partial charge in [0.1, 0.15) is 18.8 Å². The number of carboxylic acid groups (broad SMARTS) is 1. The molecular weight excluding hydrogens is 973 g/mol. The highest BCUT2D eigenvalue weighted by molar-refractivity contribution is 5.74. The molecule has 0 bridgehead atoms. The molecule has 0 aromatic carbocycles. The van der Waals surface area contributed by atoms with Gasteiger partial charge in [-0.25, -0.2) is 4.79 Å². The lowest BCUT2D eigenvalue weighted by atomic mass is 9.98. The number of aliphatic hydroxyl groups excluding tert-OH is 2. The summed E-state index contributed by atoms with van der Waals surface area (Å²) >= 11 is 0. The molecule has 1 saturated heterocycles. The number of rotatable bonds is 56. The summed E-state index contributed by atoms with van der Waals surface area (Å²) in [5.74, 6) is -3.10. The number of hydrogen-bond donors (Lipinski definition) is 3. The Hall–Kier alpha value is -2.80. The lowest BCUT2D eigenvalue weighted by Crippen LogP contribution is -2.61. The van der Waals surface area contributed by atoms with Crippen molar-refractivity contribution in [1.82, 2.24) is 0 Å². The molecule has 3 N–H and O–H groups in total. The first-order chi connectivity index (χ1) is 37.6. The van der Waals surface area contributed by atoms with Crippen LogP contribution in [-0.2, 0) is 42.9 Å². The van der Waals surface area contributed by atoms with E-state index in [0.717, 1.165) is 77.0 Å². The molecule has 1 heterocycles. The minimum absolute atomic E-state index is 0.0552. The zero-order chi connectivity index (χ0) is 56.1. The van der Waals surface area contributed by atoms with E-state index in [1.165, 1.54) is 180 Å². The maximum absolute atomic E-state index is 13.2. The van der Waals surface area contributed by atoms with Crippen LogP contribution in [0.25, 0.3) is 0 Å². The Morgan fingerprint density at radius 1 is 0.416 bits per heavy atom. The minimum Gasteiger partial charge on any atom is -0.479 e. The van der Waals surface area contributed by atoms with E-state index in [1.807, 2.05) is 0 Å². The van der Waals surface area contributed by atoms with Crippen LogP contribution in [0, 0.1) is 0 Å². The van der Waals surface area contributed by atoms with E-state index in [0.29, 0.717) is 19.3 Å². The van der Waals surface area contributed by atoms with Crippen LogP contribution >= 0.6 is 0 Å². The summed E-state index contributed by atoms with van der Waals surface area (Å²) in [7, 11) is 0. The topological polar surface area (TPSA) is 175 Å². The Kier molecular flexibility index (Phi) is 50.5. The van der Waals surface area contributed by atoms with Crippen molar-refractivity contribution in [3.8, 4) is 0 Å². The maximum atomic E-state index is 13.2. The summed E-state index contributed by atoms with van der Waals surface area (Å²) in [5.41, 5.74) is 0. The first-order valence-electron chi connectivity index (χ1n) is 32.3. The van der Waals surface area contributed by atoms with Crippen LogP contribution in [0.4, 0.5) is 0 Å². The van der Waals surface area contributed by atoms with E-state index in [9.17, 15) is 34.5 Å². The zero-order valence-electron chi connectivity index (χ0n) is 49.7. The van der Waals surface area contributed by atoms with Crippen LogP contribution in [0.1, 0.15) is 316 Å². The average molecular weight is 1090 g/mol. The van der Waals surface area contributed by atoms with Crippen molar-refractivity contribution >= 4 is 23.9 Å². The van der Waals surface area contributed by atoms with E-state index in [4.69, 9.17) is 23.7 Å². The number of esters is 3. The van der Waals surface area contributed by atoms with E-state index in [2.05, 4.69) is 45.1 Å². The number of ether oxygens (including phenoxy) is 5. The number of aliphatic carboxylic acids is 1. The molecule has 0 aromatic heterocycles. The first kappa shape index (κ1) is 72.2. The SMILES string of the molecule is CCCCCCCC/C=C\CCCCCCCCCCCC(=O)OCC(COC1OC(C(=O)O)C(O)C(O)C1OC(=O)CCCCCCC/C=C\CCCCCCCC)OC(=O)CCCCCCCCCCCCCCC. The van der Waals surface area contributed by atoms with Crippen LogP contribution in [0.2, 0.25) is 0 Å². The fourth-order valence-electron chi connectivity index (χ4n) is 10.0. The second-order valence-electron chi connectivity index (χ2n) is 22.4. The highest BCUT2D eigenvalue weighted by Crippen LogP contribution is 2.27. The predicted molar refractivity (Wildman–Crippen MR) is 313 cm³/mol. The molecule has 6 unspecified atom stereocenters. The standard InChI is InChI=1S/C65H118O12/c1-4-7-10-13-16-19-22-25-27-28-29-30-32-34-36-39-42-45-48-51-57(66)73-54-56(75-58(67)52-49-46-43-40-37-33-24-21-18-15-12-9-6-3)55-74-65-63(61(70)60(69)62(77-65)64(71)72)76-59(68)53-50-47-44-41-38-35-31-26-23-20-17-14-11-8-5-2/h25-27,31,56,60-63,65,69-70H,4-24,28-30,32-55H2,1-3H3,(H,71,72)/b27-25-,31-26-. The number of allylic oxidation sites excluding steroid dienone is 4.